The second-order valence-corrected chi connectivity index (χ2v) is 4.81. The first-order chi connectivity index (χ1) is 8.33. The van der Waals surface area contributed by atoms with E-state index in [-0.39, 0.29) is 0 Å². The lowest BCUT2D eigenvalue weighted by Crippen LogP contribution is -2.14. The molecule has 0 unspecified atom stereocenters. The summed E-state index contributed by atoms with van der Waals surface area (Å²) in [7, 11) is 0. The van der Waals surface area contributed by atoms with Crippen molar-refractivity contribution in [3.05, 3.63) is 42.1 Å². The Morgan fingerprint density at radius 3 is 2.65 bits per heavy atom. The van der Waals surface area contributed by atoms with Crippen LogP contribution in [0.1, 0.15) is 25.0 Å². The molecule has 1 aromatic carbocycles. The number of hydrogen-bond donors (Lipinski definition) is 1. The van der Waals surface area contributed by atoms with Gasteiger partial charge in [0.05, 0.1) is 11.4 Å². The van der Waals surface area contributed by atoms with Crippen LogP contribution in [0.5, 0.6) is 0 Å². The molecule has 1 aliphatic carbocycles. The molecule has 88 valence electrons. The summed E-state index contributed by atoms with van der Waals surface area (Å²) in [5.41, 5.74) is 8.16. The maximum absolute atomic E-state index is 6.01. The SMILES string of the molecule is Nc1cc(CC2CCC2)nn1-c1ccccc1. The molecular weight excluding hydrogens is 210 g/mol. The van der Waals surface area contributed by atoms with Crippen LogP contribution in [0.3, 0.4) is 0 Å². The molecule has 1 fully saturated rings. The van der Waals surface area contributed by atoms with Crippen LogP contribution >= 0.6 is 0 Å². The van der Waals surface area contributed by atoms with E-state index in [2.05, 4.69) is 5.10 Å². The van der Waals surface area contributed by atoms with E-state index < -0.39 is 0 Å². The number of aromatic nitrogens is 2. The van der Waals surface area contributed by atoms with Crippen molar-refractivity contribution in [3.8, 4) is 5.69 Å². The average Bonchev–Trinajstić information content (AvgIpc) is 2.66. The van der Waals surface area contributed by atoms with Gasteiger partial charge in [0.2, 0.25) is 0 Å². The molecule has 3 heteroatoms. The molecule has 1 aliphatic rings. The summed E-state index contributed by atoms with van der Waals surface area (Å²) in [4.78, 5) is 0. The predicted octanol–water partition coefficient (Wildman–Crippen LogP) is 2.80. The highest BCUT2D eigenvalue weighted by Gasteiger charge is 2.19. The molecule has 2 aromatic rings. The lowest BCUT2D eigenvalue weighted by Gasteiger charge is -2.24. The molecule has 0 bridgehead atoms. The number of anilines is 1. The summed E-state index contributed by atoms with van der Waals surface area (Å²) in [6.45, 7) is 0. The van der Waals surface area contributed by atoms with Crippen molar-refractivity contribution >= 4 is 5.82 Å². The third kappa shape index (κ3) is 2.05. The van der Waals surface area contributed by atoms with Crippen LogP contribution < -0.4 is 5.73 Å². The summed E-state index contributed by atoms with van der Waals surface area (Å²) in [6.07, 6.45) is 5.14. The molecule has 1 aromatic heterocycles. The van der Waals surface area contributed by atoms with Gasteiger partial charge in [0.25, 0.3) is 0 Å². The van der Waals surface area contributed by atoms with Gasteiger partial charge in [0.15, 0.2) is 0 Å². The van der Waals surface area contributed by atoms with Gasteiger partial charge in [-0.2, -0.15) is 5.10 Å². The van der Waals surface area contributed by atoms with Crippen LogP contribution in [0.2, 0.25) is 0 Å². The maximum atomic E-state index is 6.01. The van der Waals surface area contributed by atoms with Gasteiger partial charge < -0.3 is 5.73 Å². The molecule has 0 saturated heterocycles. The third-order valence-electron chi connectivity index (χ3n) is 3.51. The van der Waals surface area contributed by atoms with Crippen LogP contribution in [-0.2, 0) is 6.42 Å². The van der Waals surface area contributed by atoms with Crippen molar-refractivity contribution in [2.45, 2.75) is 25.7 Å². The first kappa shape index (κ1) is 10.4. The zero-order chi connectivity index (χ0) is 11.7. The minimum absolute atomic E-state index is 0.727. The molecular formula is C14H17N3. The highest BCUT2D eigenvalue weighted by Crippen LogP contribution is 2.30. The summed E-state index contributed by atoms with van der Waals surface area (Å²) in [5.74, 6) is 1.55. The zero-order valence-electron chi connectivity index (χ0n) is 9.84. The summed E-state index contributed by atoms with van der Waals surface area (Å²) < 4.78 is 1.83. The van der Waals surface area contributed by atoms with E-state index in [1.165, 1.54) is 19.3 Å². The molecule has 1 saturated carbocycles. The molecule has 17 heavy (non-hydrogen) atoms. The molecule has 0 amide bonds. The fraction of sp³-hybridized carbons (Fsp3) is 0.357. The topological polar surface area (TPSA) is 43.8 Å². The number of nitrogens with two attached hydrogens (primary N) is 1. The van der Waals surface area contributed by atoms with E-state index >= 15 is 0 Å². The lowest BCUT2D eigenvalue weighted by atomic mass is 9.82. The monoisotopic (exact) mass is 227 g/mol. The van der Waals surface area contributed by atoms with Crippen LogP contribution in [0, 0.1) is 5.92 Å². The molecule has 3 nitrogen and oxygen atoms in total. The Balaban J connectivity index is 1.85. The highest BCUT2D eigenvalue weighted by molar-refractivity contribution is 5.42. The Morgan fingerprint density at radius 1 is 1.24 bits per heavy atom. The Hall–Kier alpha value is -1.77. The second kappa shape index (κ2) is 4.24. The Labute approximate surface area is 101 Å². The highest BCUT2D eigenvalue weighted by atomic mass is 15.3. The minimum Gasteiger partial charge on any atom is -0.384 e. The second-order valence-electron chi connectivity index (χ2n) is 4.81. The fourth-order valence-electron chi connectivity index (χ4n) is 2.32. The van der Waals surface area contributed by atoms with Crippen LogP contribution in [-0.4, -0.2) is 9.78 Å². The molecule has 0 atom stereocenters. The number of hydrogen-bond acceptors (Lipinski definition) is 2. The van der Waals surface area contributed by atoms with Crippen LogP contribution in [0.15, 0.2) is 36.4 Å². The van der Waals surface area contributed by atoms with Gasteiger partial charge in [0.1, 0.15) is 5.82 Å². The van der Waals surface area contributed by atoms with Gasteiger partial charge in [-0.15, -0.1) is 0 Å². The molecule has 0 spiro atoms. The molecule has 0 radical (unpaired) electrons. The Morgan fingerprint density at radius 2 is 2.00 bits per heavy atom. The Bertz CT molecular complexity index is 497. The van der Waals surface area contributed by atoms with Crippen molar-refractivity contribution in [1.82, 2.24) is 9.78 Å². The zero-order valence-corrected chi connectivity index (χ0v) is 9.84. The lowest BCUT2D eigenvalue weighted by molar-refractivity contribution is 0.311. The number of nitrogens with zero attached hydrogens (tertiary/aromatic N) is 2. The minimum atomic E-state index is 0.727. The Kier molecular flexibility index (Phi) is 2.59. The van der Waals surface area contributed by atoms with Gasteiger partial charge in [-0.3, -0.25) is 0 Å². The van der Waals surface area contributed by atoms with E-state index in [0.717, 1.165) is 29.5 Å². The van der Waals surface area contributed by atoms with Gasteiger partial charge in [0, 0.05) is 6.07 Å². The van der Waals surface area contributed by atoms with E-state index in [1.54, 1.807) is 0 Å². The number of rotatable bonds is 3. The van der Waals surface area contributed by atoms with Crippen molar-refractivity contribution in [2.75, 3.05) is 5.73 Å². The van der Waals surface area contributed by atoms with E-state index in [0.29, 0.717) is 0 Å². The van der Waals surface area contributed by atoms with E-state index in [9.17, 15) is 0 Å². The van der Waals surface area contributed by atoms with Crippen molar-refractivity contribution in [2.24, 2.45) is 5.92 Å². The van der Waals surface area contributed by atoms with Crippen LogP contribution in [0.4, 0.5) is 5.82 Å². The van der Waals surface area contributed by atoms with E-state index in [1.807, 2.05) is 41.1 Å². The van der Waals surface area contributed by atoms with Crippen molar-refractivity contribution < 1.29 is 0 Å². The molecule has 1 heterocycles. The maximum Gasteiger partial charge on any atom is 0.127 e. The quantitative estimate of drug-likeness (QED) is 0.876. The van der Waals surface area contributed by atoms with Gasteiger partial charge in [-0.1, -0.05) is 37.5 Å². The van der Waals surface area contributed by atoms with Crippen LogP contribution in [0.25, 0.3) is 5.69 Å². The number of benzene rings is 1. The largest absolute Gasteiger partial charge is 0.384 e. The standard InChI is InChI=1S/C14H17N3/c15-14-10-12(9-11-5-4-6-11)16-17(14)13-7-2-1-3-8-13/h1-3,7-8,10-11H,4-6,9,15H2. The normalized spacial score (nSPS) is 15.8. The van der Waals surface area contributed by atoms with Crippen molar-refractivity contribution in [1.29, 1.82) is 0 Å². The predicted molar refractivity (Wildman–Crippen MR) is 69.0 cm³/mol. The van der Waals surface area contributed by atoms with Gasteiger partial charge in [-0.05, 0) is 24.5 Å². The summed E-state index contributed by atoms with van der Waals surface area (Å²) in [6, 6.07) is 12.1. The smallest absolute Gasteiger partial charge is 0.127 e. The van der Waals surface area contributed by atoms with Gasteiger partial charge in [-0.25, -0.2) is 4.68 Å². The van der Waals surface area contributed by atoms with E-state index in [4.69, 9.17) is 5.73 Å². The molecule has 0 aliphatic heterocycles. The first-order valence-corrected chi connectivity index (χ1v) is 6.23. The molecule has 2 N–H and O–H groups in total. The summed E-state index contributed by atoms with van der Waals surface area (Å²) >= 11 is 0. The molecule has 3 rings (SSSR count). The van der Waals surface area contributed by atoms with Gasteiger partial charge >= 0.3 is 0 Å². The number of para-hydroxylation sites is 1. The first-order valence-electron chi connectivity index (χ1n) is 6.23. The fourth-order valence-corrected chi connectivity index (χ4v) is 2.32. The number of nitrogen functional groups attached to an aromatic ring is 1. The average molecular weight is 227 g/mol. The summed E-state index contributed by atoms with van der Waals surface area (Å²) in [5, 5.41) is 4.59. The van der Waals surface area contributed by atoms with Crippen molar-refractivity contribution in [3.63, 3.8) is 0 Å². The third-order valence-corrected chi connectivity index (χ3v) is 3.51.